The van der Waals surface area contributed by atoms with Crippen molar-refractivity contribution in [2.75, 3.05) is 0 Å². The highest BCUT2D eigenvalue weighted by Gasteiger charge is 2.17. The zero-order valence-electron chi connectivity index (χ0n) is 11.3. The summed E-state index contributed by atoms with van der Waals surface area (Å²) in [6.45, 7) is 2.07. The maximum Gasteiger partial charge on any atom is 0.148 e. The summed E-state index contributed by atoms with van der Waals surface area (Å²) in [6, 6.07) is 16.1. The van der Waals surface area contributed by atoms with Crippen LogP contribution < -0.4 is 0 Å². The number of nitrogens with zero attached hydrogens (tertiary/aromatic N) is 2. The fourth-order valence-electron chi connectivity index (χ4n) is 2.08. The van der Waals surface area contributed by atoms with Crippen molar-refractivity contribution in [3.05, 3.63) is 69.1 Å². The van der Waals surface area contributed by atoms with E-state index in [1.165, 1.54) is 11.3 Å². The molecular formula is C16H12BrClN2S. The van der Waals surface area contributed by atoms with Gasteiger partial charge in [-0.05, 0) is 30.2 Å². The Hall–Kier alpha value is -1.23. The topological polar surface area (TPSA) is 25.8 Å². The summed E-state index contributed by atoms with van der Waals surface area (Å²) in [6.07, 6.45) is 0. The van der Waals surface area contributed by atoms with Crippen molar-refractivity contribution in [1.82, 2.24) is 10.2 Å². The van der Waals surface area contributed by atoms with Crippen LogP contribution >= 0.6 is 38.9 Å². The van der Waals surface area contributed by atoms with Crippen LogP contribution in [-0.4, -0.2) is 10.2 Å². The minimum absolute atomic E-state index is 0.256. The van der Waals surface area contributed by atoms with Gasteiger partial charge < -0.3 is 0 Å². The predicted molar refractivity (Wildman–Crippen MR) is 91.9 cm³/mol. The van der Waals surface area contributed by atoms with Gasteiger partial charge in [-0.15, -0.1) is 21.8 Å². The van der Waals surface area contributed by atoms with Crippen molar-refractivity contribution in [2.24, 2.45) is 0 Å². The molecule has 0 spiro atoms. The molecule has 0 bridgehead atoms. The van der Waals surface area contributed by atoms with Crippen molar-refractivity contribution in [3.63, 3.8) is 0 Å². The fraction of sp³-hybridized carbons (Fsp3) is 0.125. The lowest BCUT2D eigenvalue weighted by molar-refractivity contribution is 0.987. The Balaban J connectivity index is 1.93. The van der Waals surface area contributed by atoms with Gasteiger partial charge in [-0.3, -0.25) is 0 Å². The molecular weight excluding hydrogens is 368 g/mol. The summed E-state index contributed by atoms with van der Waals surface area (Å²) in [4.78, 5) is 0. The van der Waals surface area contributed by atoms with Gasteiger partial charge in [0.1, 0.15) is 15.4 Å². The molecule has 1 heterocycles. The van der Waals surface area contributed by atoms with Gasteiger partial charge in [-0.1, -0.05) is 63.7 Å². The number of hydrogen-bond acceptors (Lipinski definition) is 3. The van der Waals surface area contributed by atoms with Crippen LogP contribution in [0.1, 0.15) is 21.5 Å². The number of rotatable bonds is 3. The van der Waals surface area contributed by atoms with Crippen molar-refractivity contribution in [2.45, 2.75) is 12.3 Å². The van der Waals surface area contributed by atoms with E-state index in [1.54, 1.807) is 0 Å². The molecule has 0 N–H and O–H groups in total. The van der Waals surface area contributed by atoms with Gasteiger partial charge in [0, 0.05) is 10.0 Å². The summed E-state index contributed by atoms with van der Waals surface area (Å²) in [5, 5.41) is 10.0. The molecule has 2 aromatic carbocycles. The molecule has 1 atom stereocenters. The Labute approximate surface area is 140 Å². The summed E-state index contributed by atoms with van der Waals surface area (Å²) < 4.78 is 1.06. The monoisotopic (exact) mass is 378 g/mol. The first-order valence-corrected chi connectivity index (χ1v) is 8.48. The Morgan fingerprint density at radius 3 is 2.57 bits per heavy atom. The summed E-state index contributed by atoms with van der Waals surface area (Å²) in [5.74, 6) is 0. The SMILES string of the molecule is Cc1cc(Br)ccc1-c1nnc(C(Cl)c2ccccc2)s1. The second kappa shape index (κ2) is 6.26. The van der Waals surface area contributed by atoms with E-state index in [9.17, 15) is 0 Å². The van der Waals surface area contributed by atoms with E-state index in [0.29, 0.717) is 0 Å². The van der Waals surface area contributed by atoms with Gasteiger partial charge in [0.25, 0.3) is 0 Å². The minimum Gasteiger partial charge on any atom is -0.141 e. The van der Waals surface area contributed by atoms with Gasteiger partial charge in [0.05, 0.1) is 0 Å². The van der Waals surface area contributed by atoms with Crippen molar-refractivity contribution in [1.29, 1.82) is 0 Å². The highest BCUT2D eigenvalue weighted by molar-refractivity contribution is 9.10. The standard InChI is InChI=1S/C16H12BrClN2S/c1-10-9-12(17)7-8-13(10)15-19-20-16(21-15)14(18)11-5-3-2-4-6-11/h2-9,14H,1H3. The third-order valence-corrected chi connectivity index (χ3v) is 5.27. The smallest absolute Gasteiger partial charge is 0.141 e. The molecule has 0 aliphatic rings. The number of aromatic nitrogens is 2. The van der Waals surface area contributed by atoms with Gasteiger partial charge in [-0.25, -0.2) is 0 Å². The second-order valence-electron chi connectivity index (χ2n) is 4.68. The van der Waals surface area contributed by atoms with E-state index >= 15 is 0 Å². The summed E-state index contributed by atoms with van der Waals surface area (Å²) in [5.41, 5.74) is 3.30. The van der Waals surface area contributed by atoms with Gasteiger partial charge in [0.2, 0.25) is 0 Å². The first kappa shape index (κ1) is 14.7. The van der Waals surface area contributed by atoms with E-state index in [2.05, 4.69) is 45.2 Å². The number of halogens is 2. The van der Waals surface area contributed by atoms with Crippen LogP contribution in [0.25, 0.3) is 10.6 Å². The fourth-order valence-corrected chi connectivity index (χ4v) is 3.82. The molecule has 0 saturated carbocycles. The highest BCUT2D eigenvalue weighted by Crippen LogP contribution is 2.35. The number of benzene rings is 2. The molecule has 0 amide bonds. The van der Waals surface area contributed by atoms with Gasteiger partial charge in [0.15, 0.2) is 0 Å². The molecule has 5 heteroatoms. The van der Waals surface area contributed by atoms with E-state index in [4.69, 9.17) is 11.6 Å². The normalized spacial score (nSPS) is 12.3. The minimum atomic E-state index is -0.256. The Kier molecular flexibility index (Phi) is 4.38. The molecule has 0 fully saturated rings. The number of hydrogen-bond donors (Lipinski definition) is 0. The van der Waals surface area contributed by atoms with E-state index in [-0.39, 0.29) is 5.38 Å². The quantitative estimate of drug-likeness (QED) is 0.553. The lowest BCUT2D eigenvalue weighted by atomic mass is 10.1. The van der Waals surface area contributed by atoms with Crippen molar-refractivity contribution in [3.8, 4) is 10.6 Å². The van der Waals surface area contributed by atoms with Crippen LogP contribution in [0.4, 0.5) is 0 Å². The number of alkyl halides is 1. The highest BCUT2D eigenvalue weighted by atomic mass is 79.9. The maximum absolute atomic E-state index is 6.50. The predicted octanol–water partition coefficient (Wildman–Crippen LogP) is 5.60. The molecule has 0 saturated heterocycles. The van der Waals surface area contributed by atoms with Crippen molar-refractivity contribution < 1.29 is 0 Å². The molecule has 3 aromatic rings. The molecule has 21 heavy (non-hydrogen) atoms. The van der Waals surface area contributed by atoms with E-state index < -0.39 is 0 Å². The molecule has 106 valence electrons. The molecule has 2 nitrogen and oxygen atoms in total. The van der Waals surface area contributed by atoms with Crippen LogP contribution in [0.5, 0.6) is 0 Å². The molecule has 1 unspecified atom stereocenters. The first-order chi connectivity index (χ1) is 10.1. The van der Waals surface area contributed by atoms with Crippen LogP contribution in [-0.2, 0) is 0 Å². The van der Waals surface area contributed by atoms with Crippen LogP contribution in [0.2, 0.25) is 0 Å². The second-order valence-corrected chi connectivity index (χ2v) is 7.04. The van der Waals surface area contributed by atoms with E-state index in [1.807, 2.05) is 36.4 Å². The zero-order chi connectivity index (χ0) is 14.8. The zero-order valence-corrected chi connectivity index (χ0v) is 14.4. The van der Waals surface area contributed by atoms with Crippen LogP contribution in [0, 0.1) is 6.92 Å². The maximum atomic E-state index is 6.50. The lowest BCUT2D eigenvalue weighted by Gasteiger charge is -2.05. The third kappa shape index (κ3) is 3.18. The van der Waals surface area contributed by atoms with Gasteiger partial charge >= 0.3 is 0 Å². The largest absolute Gasteiger partial charge is 0.148 e. The van der Waals surface area contributed by atoms with Crippen LogP contribution in [0.15, 0.2) is 53.0 Å². The first-order valence-electron chi connectivity index (χ1n) is 6.44. The van der Waals surface area contributed by atoms with Crippen molar-refractivity contribution >= 4 is 38.9 Å². The summed E-state index contributed by atoms with van der Waals surface area (Å²) >= 11 is 11.5. The third-order valence-electron chi connectivity index (χ3n) is 3.17. The number of aryl methyl sites for hydroxylation is 1. The lowest BCUT2D eigenvalue weighted by Crippen LogP contribution is -1.91. The molecule has 1 aromatic heterocycles. The average molecular weight is 380 g/mol. The molecule has 0 aliphatic heterocycles. The van der Waals surface area contributed by atoms with Crippen LogP contribution in [0.3, 0.4) is 0 Å². The molecule has 0 aliphatic carbocycles. The molecule has 0 radical (unpaired) electrons. The Bertz CT molecular complexity index is 758. The Morgan fingerprint density at radius 1 is 1.10 bits per heavy atom. The van der Waals surface area contributed by atoms with E-state index in [0.717, 1.165) is 31.2 Å². The molecule has 3 rings (SSSR count). The average Bonchev–Trinajstić information content (AvgIpc) is 2.97. The Morgan fingerprint density at radius 2 is 1.86 bits per heavy atom. The summed E-state index contributed by atoms with van der Waals surface area (Å²) in [7, 11) is 0. The van der Waals surface area contributed by atoms with Gasteiger partial charge in [-0.2, -0.15) is 0 Å².